The van der Waals surface area contributed by atoms with Crippen molar-refractivity contribution in [2.45, 2.75) is 38.5 Å². The Kier molecular flexibility index (Phi) is 5.17. The molecule has 3 rings (SSSR count). The molecule has 0 bridgehead atoms. The van der Waals surface area contributed by atoms with Gasteiger partial charge in [-0.05, 0) is 55.7 Å². The number of benzene rings is 1. The molecular formula is C19H24FNO3. The molecule has 1 aromatic rings. The van der Waals surface area contributed by atoms with Crippen LogP contribution in [0.2, 0.25) is 0 Å². The number of hydrogen-bond donors (Lipinski definition) is 1. The Bertz CT molecular complexity index is 601. The molecule has 1 aliphatic carbocycles. The smallest absolute Gasteiger partial charge is 0.306 e. The minimum absolute atomic E-state index is 0.127. The molecule has 130 valence electrons. The number of carbonyl (C=O) groups is 2. The zero-order chi connectivity index (χ0) is 17.1. The van der Waals surface area contributed by atoms with Crippen LogP contribution in [-0.4, -0.2) is 35.0 Å². The molecule has 1 N–H and O–H groups in total. The van der Waals surface area contributed by atoms with E-state index in [0.29, 0.717) is 18.8 Å². The summed E-state index contributed by atoms with van der Waals surface area (Å²) in [6, 6.07) is 6.55. The molecule has 1 saturated heterocycles. The maximum atomic E-state index is 13.0. The van der Waals surface area contributed by atoms with Crippen LogP contribution in [0, 0.1) is 23.6 Å². The molecule has 4 nitrogen and oxygen atoms in total. The maximum absolute atomic E-state index is 13.0. The van der Waals surface area contributed by atoms with Crippen LogP contribution in [0.5, 0.6) is 0 Å². The van der Waals surface area contributed by atoms with E-state index in [1.807, 2.05) is 4.90 Å². The molecule has 0 spiro atoms. The van der Waals surface area contributed by atoms with Crippen molar-refractivity contribution >= 4 is 11.9 Å². The van der Waals surface area contributed by atoms with E-state index >= 15 is 0 Å². The third kappa shape index (κ3) is 3.94. The van der Waals surface area contributed by atoms with Crippen LogP contribution in [-0.2, 0) is 16.0 Å². The average molecular weight is 333 g/mol. The van der Waals surface area contributed by atoms with Gasteiger partial charge in [0, 0.05) is 19.0 Å². The molecule has 3 unspecified atom stereocenters. The van der Waals surface area contributed by atoms with Crippen molar-refractivity contribution < 1.29 is 19.1 Å². The molecule has 1 amide bonds. The molecule has 2 aliphatic rings. The lowest BCUT2D eigenvalue weighted by atomic mass is 9.81. The summed E-state index contributed by atoms with van der Waals surface area (Å²) in [5.74, 6) is -0.981. The van der Waals surface area contributed by atoms with Gasteiger partial charge in [0.25, 0.3) is 0 Å². The first-order chi connectivity index (χ1) is 11.5. The van der Waals surface area contributed by atoms with Crippen molar-refractivity contribution in [2.75, 3.05) is 13.1 Å². The number of halogens is 1. The molecule has 0 aromatic heterocycles. The van der Waals surface area contributed by atoms with E-state index in [1.165, 1.54) is 12.1 Å². The highest BCUT2D eigenvalue weighted by atomic mass is 19.1. The van der Waals surface area contributed by atoms with E-state index in [2.05, 4.69) is 0 Å². The minimum atomic E-state index is -0.775. The van der Waals surface area contributed by atoms with Gasteiger partial charge in [-0.25, -0.2) is 4.39 Å². The van der Waals surface area contributed by atoms with Crippen molar-refractivity contribution in [3.05, 3.63) is 35.6 Å². The quantitative estimate of drug-likeness (QED) is 0.921. The summed E-state index contributed by atoms with van der Waals surface area (Å²) in [6.45, 7) is 1.48. The number of nitrogens with zero attached hydrogens (tertiary/aromatic N) is 1. The van der Waals surface area contributed by atoms with Crippen molar-refractivity contribution in [1.29, 1.82) is 0 Å². The number of hydrogen-bond acceptors (Lipinski definition) is 2. The van der Waals surface area contributed by atoms with Gasteiger partial charge in [-0.15, -0.1) is 0 Å². The molecule has 2 fully saturated rings. The van der Waals surface area contributed by atoms with Gasteiger partial charge in [0.15, 0.2) is 0 Å². The second-order valence-corrected chi connectivity index (χ2v) is 7.17. The van der Waals surface area contributed by atoms with Gasteiger partial charge < -0.3 is 10.0 Å². The van der Waals surface area contributed by atoms with Crippen molar-refractivity contribution in [2.24, 2.45) is 17.8 Å². The lowest BCUT2D eigenvalue weighted by Crippen LogP contribution is -2.38. The predicted molar refractivity (Wildman–Crippen MR) is 87.9 cm³/mol. The van der Waals surface area contributed by atoms with E-state index in [0.717, 1.165) is 44.3 Å². The first-order valence-electron chi connectivity index (χ1n) is 8.79. The van der Waals surface area contributed by atoms with Crippen LogP contribution in [0.25, 0.3) is 0 Å². The van der Waals surface area contributed by atoms with Crippen molar-refractivity contribution in [3.8, 4) is 0 Å². The van der Waals surface area contributed by atoms with Gasteiger partial charge in [0.2, 0.25) is 5.91 Å². The third-order valence-electron chi connectivity index (χ3n) is 5.41. The number of likely N-dealkylation sites (tertiary alicyclic amines) is 1. The van der Waals surface area contributed by atoms with Gasteiger partial charge in [-0.1, -0.05) is 18.6 Å². The van der Waals surface area contributed by atoms with E-state index in [9.17, 15) is 19.1 Å². The monoisotopic (exact) mass is 333 g/mol. The van der Waals surface area contributed by atoms with Crippen LogP contribution in [0.4, 0.5) is 4.39 Å². The standard InChI is InChI=1S/C19H24FNO3/c20-17-6-4-13(5-7-17)10-14-8-9-21(12-14)18(22)15-2-1-3-16(11-15)19(23)24/h4-7,14-16H,1-3,8-12H2,(H,23,24). The summed E-state index contributed by atoms with van der Waals surface area (Å²) >= 11 is 0. The zero-order valence-electron chi connectivity index (χ0n) is 13.8. The highest BCUT2D eigenvalue weighted by Crippen LogP contribution is 2.32. The second kappa shape index (κ2) is 7.32. The van der Waals surface area contributed by atoms with Crippen LogP contribution in [0.1, 0.15) is 37.7 Å². The van der Waals surface area contributed by atoms with Crippen molar-refractivity contribution in [3.63, 3.8) is 0 Å². The molecule has 1 aliphatic heterocycles. The Hall–Kier alpha value is -1.91. The summed E-state index contributed by atoms with van der Waals surface area (Å²) in [5.41, 5.74) is 1.10. The highest BCUT2D eigenvalue weighted by molar-refractivity contribution is 5.80. The molecule has 3 atom stereocenters. The molecule has 1 heterocycles. The predicted octanol–water partition coefficient (Wildman–Crippen LogP) is 3.11. The fourth-order valence-corrected chi connectivity index (χ4v) is 4.05. The molecule has 1 aromatic carbocycles. The van der Waals surface area contributed by atoms with E-state index < -0.39 is 5.97 Å². The molecular weight excluding hydrogens is 309 g/mol. The number of rotatable bonds is 4. The van der Waals surface area contributed by atoms with Crippen LogP contribution in [0.15, 0.2) is 24.3 Å². The summed E-state index contributed by atoms with van der Waals surface area (Å²) in [7, 11) is 0. The zero-order valence-corrected chi connectivity index (χ0v) is 13.8. The fourth-order valence-electron chi connectivity index (χ4n) is 4.05. The number of aliphatic carboxylic acids is 1. The number of carbonyl (C=O) groups excluding carboxylic acids is 1. The van der Waals surface area contributed by atoms with Gasteiger partial charge in [0.1, 0.15) is 5.82 Å². The van der Waals surface area contributed by atoms with Crippen LogP contribution >= 0.6 is 0 Å². The Balaban J connectivity index is 1.54. The Morgan fingerprint density at radius 1 is 1.12 bits per heavy atom. The first-order valence-corrected chi connectivity index (χ1v) is 8.79. The van der Waals surface area contributed by atoms with Crippen LogP contribution in [0.3, 0.4) is 0 Å². The molecule has 1 saturated carbocycles. The Labute approximate surface area is 141 Å². The number of carboxylic acid groups (broad SMARTS) is 1. The summed E-state index contributed by atoms with van der Waals surface area (Å²) < 4.78 is 13.0. The average Bonchev–Trinajstić information content (AvgIpc) is 3.05. The molecule has 5 heteroatoms. The molecule has 24 heavy (non-hydrogen) atoms. The Morgan fingerprint density at radius 2 is 1.83 bits per heavy atom. The van der Waals surface area contributed by atoms with Gasteiger partial charge in [-0.3, -0.25) is 9.59 Å². The van der Waals surface area contributed by atoms with Crippen LogP contribution < -0.4 is 0 Å². The lowest BCUT2D eigenvalue weighted by molar-refractivity contribution is -0.145. The summed E-state index contributed by atoms with van der Waals surface area (Å²) in [5, 5.41) is 9.18. The maximum Gasteiger partial charge on any atom is 0.306 e. The largest absolute Gasteiger partial charge is 0.481 e. The second-order valence-electron chi connectivity index (χ2n) is 7.17. The van der Waals surface area contributed by atoms with E-state index in [4.69, 9.17) is 0 Å². The Morgan fingerprint density at radius 3 is 2.54 bits per heavy atom. The number of carboxylic acids is 1. The van der Waals surface area contributed by atoms with E-state index in [-0.39, 0.29) is 23.6 Å². The van der Waals surface area contributed by atoms with E-state index in [1.54, 1.807) is 12.1 Å². The fraction of sp³-hybridized carbons (Fsp3) is 0.579. The third-order valence-corrected chi connectivity index (χ3v) is 5.41. The van der Waals surface area contributed by atoms with Gasteiger partial charge >= 0.3 is 5.97 Å². The molecule has 0 radical (unpaired) electrons. The SMILES string of the molecule is O=C(O)C1CCCC(C(=O)N2CCC(Cc3ccc(F)cc3)C2)C1. The minimum Gasteiger partial charge on any atom is -0.481 e. The van der Waals surface area contributed by atoms with Gasteiger partial charge in [0.05, 0.1) is 5.92 Å². The summed E-state index contributed by atoms with van der Waals surface area (Å²) in [6.07, 6.45) is 4.60. The first kappa shape index (κ1) is 16.9. The van der Waals surface area contributed by atoms with Crippen molar-refractivity contribution in [1.82, 2.24) is 4.90 Å². The topological polar surface area (TPSA) is 57.6 Å². The number of amides is 1. The highest BCUT2D eigenvalue weighted by Gasteiger charge is 2.35. The normalized spacial score (nSPS) is 27.2. The van der Waals surface area contributed by atoms with Gasteiger partial charge in [-0.2, -0.15) is 0 Å². The summed E-state index contributed by atoms with van der Waals surface area (Å²) in [4.78, 5) is 25.8. The lowest BCUT2D eigenvalue weighted by Gasteiger charge is -2.29.